The normalized spacial score (nSPS) is 21.4. The van der Waals surface area contributed by atoms with Gasteiger partial charge in [-0.05, 0) is 31.2 Å². The first-order valence-electron chi connectivity index (χ1n) is 7.29. The van der Waals surface area contributed by atoms with Crippen molar-refractivity contribution in [2.75, 3.05) is 11.9 Å². The Morgan fingerprint density at radius 1 is 1.11 bits per heavy atom. The van der Waals surface area contributed by atoms with E-state index in [1.54, 1.807) is 0 Å². The zero-order valence-electron chi connectivity index (χ0n) is 11.1. The maximum Gasteiger partial charge on any atom is 0.203 e. The van der Waals surface area contributed by atoms with Crippen LogP contribution in [0.4, 0.5) is 5.95 Å². The molecular weight excluding hydrogens is 234 g/mol. The second-order valence-electron chi connectivity index (χ2n) is 5.64. The highest BCUT2D eigenvalue weighted by Gasteiger charge is 2.26. The molecule has 2 aromatic rings. The molecule has 3 heteroatoms. The minimum absolute atomic E-state index is 0.564. The summed E-state index contributed by atoms with van der Waals surface area (Å²) in [5, 5.41) is 3.52. The van der Waals surface area contributed by atoms with E-state index < -0.39 is 0 Å². The first-order valence-corrected chi connectivity index (χ1v) is 7.29. The van der Waals surface area contributed by atoms with Crippen molar-refractivity contribution < 1.29 is 0 Å². The van der Waals surface area contributed by atoms with E-state index in [-0.39, 0.29) is 0 Å². The Morgan fingerprint density at radius 3 is 2.84 bits per heavy atom. The van der Waals surface area contributed by atoms with Crippen LogP contribution in [0.3, 0.4) is 0 Å². The van der Waals surface area contributed by atoms with E-state index in [0.29, 0.717) is 5.92 Å². The van der Waals surface area contributed by atoms with Gasteiger partial charge in [-0.1, -0.05) is 30.3 Å². The first-order chi connectivity index (χ1) is 9.42. The van der Waals surface area contributed by atoms with E-state index in [4.69, 9.17) is 4.98 Å². The summed E-state index contributed by atoms with van der Waals surface area (Å²) in [7, 11) is 0. The van der Waals surface area contributed by atoms with Crippen LogP contribution in [0.25, 0.3) is 0 Å². The van der Waals surface area contributed by atoms with Crippen LogP contribution < -0.4 is 5.32 Å². The molecule has 1 aromatic heterocycles. The Bertz CT molecular complexity index is 586. The summed E-state index contributed by atoms with van der Waals surface area (Å²) in [6, 6.07) is 10.8. The molecule has 1 aliphatic heterocycles. The van der Waals surface area contributed by atoms with Crippen molar-refractivity contribution in [3.8, 4) is 0 Å². The van der Waals surface area contributed by atoms with Crippen molar-refractivity contribution in [1.29, 1.82) is 0 Å². The first kappa shape index (κ1) is 11.1. The molecule has 1 unspecified atom stereocenters. The van der Waals surface area contributed by atoms with Gasteiger partial charge in [0, 0.05) is 24.7 Å². The lowest BCUT2D eigenvalue weighted by Crippen LogP contribution is -2.27. The summed E-state index contributed by atoms with van der Waals surface area (Å²) < 4.78 is 2.43. The maximum absolute atomic E-state index is 4.77. The summed E-state index contributed by atoms with van der Waals surface area (Å²) in [6.45, 7) is 2.08. The monoisotopic (exact) mass is 253 g/mol. The number of rotatable bonds is 1. The molecule has 0 radical (unpaired) electrons. The van der Waals surface area contributed by atoms with Crippen LogP contribution in [0.5, 0.6) is 0 Å². The minimum atomic E-state index is 0.564. The molecule has 0 bridgehead atoms. The molecule has 0 amide bonds. The van der Waals surface area contributed by atoms with Gasteiger partial charge in [0.15, 0.2) is 0 Å². The van der Waals surface area contributed by atoms with Crippen molar-refractivity contribution >= 4 is 5.95 Å². The van der Waals surface area contributed by atoms with E-state index in [1.807, 2.05) is 0 Å². The summed E-state index contributed by atoms with van der Waals surface area (Å²) in [6.07, 6.45) is 4.97. The van der Waals surface area contributed by atoms with Crippen molar-refractivity contribution in [3.63, 3.8) is 0 Å². The van der Waals surface area contributed by atoms with E-state index in [1.165, 1.54) is 36.2 Å². The SMILES string of the molecule is c1ccc(C2CNc3nc4c(n3C2)CCCC4)cc1. The molecule has 19 heavy (non-hydrogen) atoms. The molecule has 2 aliphatic rings. The van der Waals surface area contributed by atoms with Crippen LogP contribution in [-0.4, -0.2) is 16.1 Å². The largest absolute Gasteiger partial charge is 0.355 e. The van der Waals surface area contributed by atoms with Crippen LogP contribution in [0.2, 0.25) is 0 Å². The molecular formula is C16H19N3. The fraction of sp³-hybridized carbons (Fsp3) is 0.438. The Balaban J connectivity index is 1.68. The van der Waals surface area contributed by atoms with Gasteiger partial charge in [-0.15, -0.1) is 0 Å². The third-order valence-corrected chi connectivity index (χ3v) is 4.41. The van der Waals surface area contributed by atoms with Crippen molar-refractivity contribution in [2.24, 2.45) is 0 Å². The lowest BCUT2D eigenvalue weighted by Gasteiger charge is -2.27. The van der Waals surface area contributed by atoms with Crippen LogP contribution in [-0.2, 0) is 19.4 Å². The third-order valence-electron chi connectivity index (χ3n) is 4.41. The van der Waals surface area contributed by atoms with Crippen LogP contribution in [0, 0.1) is 0 Å². The number of hydrogen-bond acceptors (Lipinski definition) is 2. The van der Waals surface area contributed by atoms with Crippen LogP contribution in [0.1, 0.15) is 35.7 Å². The molecule has 1 aliphatic carbocycles. The van der Waals surface area contributed by atoms with E-state index in [2.05, 4.69) is 40.2 Å². The number of fused-ring (bicyclic) bond motifs is 3. The highest BCUT2D eigenvalue weighted by Crippen LogP contribution is 2.31. The summed E-state index contributed by atoms with van der Waals surface area (Å²) in [4.78, 5) is 4.77. The molecule has 1 N–H and O–H groups in total. The van der Waals surface area contributed by atoms with E-state index in [9.17, 15) is 0 Å². The molecule has 3 nitrogen and oxygen atoms in total. The van der Waals surface area contributed by atoms with Crippen molar-refractivity contribution in [1.82, 2.24) is 9.55 Å². The lowest BCUT2D eigenvalue weighted by atomic mass is 9.97. The van der Waals surface area contributed by atoms with Gasteiger partial charge in [-0.3, -0.25) is 0 Å². The number of aromatic nitrogens is 2. The third kappa shape index (κ3) is 1.84. The highest BCUT2D eigenvalue weighted by atomic mass is 15.2. The number of aryl methyl sites for hydroxylation is 1. The Kier molecular flexibility index (Phi) is 2.57. The fourth-order valence-electron chi connectivity index (χ4n) is 3.38. The van der Waals surface area contributed by atoms with Gasteiger partial charge in [0.25, 0.3) is 0 Å². The predicted octanol–water partition coefficient (Wildman–Crippen LogP) is 2.97. The molecule has 2 heterocycles. The Labute approximate surface area is 113 Å². The number of hydrogen-bond donors (Lipinski definition) is 1. The number of nitrogens with one attached hydrogen (secondary N) is 1. The van der Waals surface area contributed by atoms with Crippen molar-refractivity contribution in [2.45, 2.75) is 38.1 Å². The highest BCUT2D eigenvalue weighted by molar-refractivity contribution is 5.39. The average molecular weight is 253 g/mol. The van der Waals surface area contributed by atoms with Gasteiger partial charge in [0.05, 0.1) is 5.69 Å². The number of nitrogens with zero attached hydrogens (tertiary/aromatic N) is 2. The van der Waals surface area contributed by atoms with Gasteiger partial charge in [0.1, 0.15) is 0 Å². The molecule has 0 spiro atoms. The topological polar surface area (TPSA) is 29.9 Å². The molecule has 4 rings (SSSR count). The summed E-state index contributed by atoms with van der Waals surface area (Å²) in [5.74, 6) is 1.66. The average Bonchev–Trinajstić information content (AvgIpc) is 2.86. The number of anilines is 1. The minimum Gasteiger partial charge on any atom is -0.355 e. The van der Waals surface area contributed by atoms with Gasteiger partial charge < -0.3 is 9.88 Å². The molecule has 1 atom stereocenters. The van der Waals surface area contributed by atoms with Gasteiger partial charge >= 0.3 is 0 Å². The Morgan fingerprint density at radius 2 is 1.95 bits per heavy atom. The molecule has 0 saturated heterocycles. The molecule has 0 fully saturated rings. The molecule has 98 valence electrons. The number of benzene rings is 1. The molecule has 1 aromatic carbocycles. The summed E-state index contributed by atoms with van der Waals surface area (Å²) in [5.41, 5.74) is 4.25. The second-order valence-corrected chi connectivity index (χ2v) is 5.64. The Hall–Kier alpha value is -1.77. The zero-order chi connectivity index (χ0) is 12.7. The smallest absolute Gasteiger partial charge is 0.203 e. The van der Waals surface area contributed by atoms with Crippen LogP contribution in [0.15, 0.2) is 30.3 Å². The summed E-state index contributed by atoms with van der Waals surface area (Å²) >= 11 is 0. The van der Waals surface area contributed by atoms with E-state index >= 15 is 0 Å². The number of imidazole rings is 1. The molecule has 0 saturated carbocycles. The maximum atomic E-state index is 4.77. The zero-order valence-corrected chi connectivity index (χ0v) is 11.1. The van der Waals surface area contributed by atoms with Crippen molar-refractivity contribution in [3.05, 3.63) is 47.3 Å². The van der Waals surface area contributed by atoms with E-state index in [0.717, 1.165) is 25.5 Å². The van der Waals surface area contributed by atoms with Crippen LogP contribution >= 0.6 is 0 Å². The predicted molar refractivity (Wildman–Crippen MR) is 76.5 cm³/mol. The van der Waals surface area contributed by atoms with Gasteiger partial charge in [-0.2, -0.15) is 0 Å². The quantitative estimate of drug-likeness (QED) is 0.846. The van der Waals surface area contributed by atoms with Gasteiger partial charge in [0.2, 0.25) is 5.95 Å². The fourth-order valence-corrected chi connectivity index (χ4v) is 3.38. The second kappa shape index (κ2) is 4.41. The standard InChI is InChI=1S/C16H19N3/c1-2-6-12(7-3-1)13-10-17-16-18-14-8-4-5-9-15(14)19(16)11-13/h1-3,6-7,13H,4-5,8-11H2,(H,17,18). The lowest BCUT2D eigenvalue weighted by molar-refractivity contribution is 0.521. The van der Waals surface area contributed by atoms with Gasteiger partial charge in [-0.25, -0.2) is 4.98 Å².